The summed E-state index contributed by atoms with van der Waals surface area (Å²) in [6, 6.07) is 7.47. The highest BCUT2D eigenvalue weighted by atomic mass is 16.1. The second kappa shape index (κ2) is 7.75. The first-order valence-electron chi connectivity index (χ1n) is 6.92. The highest BCUT2D eigenvalue weighted by molar-refractivity contribution is 5.95. The first kappa shape index (κ1) is 14.6. The van der Waals surface area contributed by atoms with E-state index in [0.717, 1.165) is 12.8 Å². The van der Waals surface area contributed by atoms with Crippen molar-refractivity contribution in [2.45, 2.75) is 52.0 Å². The molecule has 3 nitrogen and oxygen atoms in total. The van der Waals surface area contributed by atoms with E-state index < -0.39 is 0 Å². The van der Waals surface area contributed by atoms with Gasteiger partial charge in [-0.15, -0.1) is 0 Å². The number of benzene rings is 1. The van der Waals surface area contributed by atoms with Crippen LogP contribution in [0.4, 0.5) is 5.69 Å². The summed E-state index contributed by atoms with van der Waals surface area (Å²) in [5, 5.41) is 3.07. The summed E-state index contributed by atoms with van der Waals surface area (Å²) >= 11 is 0. The van der Waals surface area contributed by atoms with Crippen molar-refractivity contribution >= 4 is 11.6 Å². The van der Waals surface area contributed by atoms with Crippen molar-refractivity contribution in [2.24, 2.45) is 0 Å². The number of anilines is 1. The topological polar surface area (TPSA) is 55.1 Å². The number of carbonyl (C=O) groups excluding carboxylic acids is 1. The quantitative estimate of drug-likeness (QED) is 0.788. The fourth-order valence-electron chi connectivity index (χ4n) is 2.20. The second-order valence-corrected chi connectivity index (χ2v) is 4.43. The normalized spacial score (nSPS) is 15.4. The average molecular weight is 248 g/mol. The molecule has 100 valence electrons. The van der Waals surface area contributed by atoms with Crippen molar-refractivity contribution in [1.29, 1.82) is 0 Å². The van der Waals surface area contributed by atoms with E-state index >= 15 is 0 Å². The molecule has 0 unspecified atom stereocenters. The van der Waals surface area contributed by atoms with Crippen LogP contribution in [-0.2, 0) is 0 Å². The van der Waals surface area contributed by atoms with Gasteiger partial charge >= 0.3 is 0 Å². The molecule has 2 rings (SSSR count). The van der Waals surface area contributed by atoms with Gasteiger partial charge in [-0.25, -0.2) is 0 Å². The van der Waals surface area contributed by atoms with Crippen LogP contribution >= 0.6 is 0 Å². The molecule has 1 aliphatic rings. The van der Waals surface area contributed by atoms with Gasteiger partial charge in [0.15, 0.2) is 0 Å². The highest BCUT2D eigenvalue weighted by Crippen LogP contribution is 2.18. The largest absolute Gasteiger partial charge is 0.399 e. The van der Waals surface area contributed by atoms with Crippen molar-refractivity contribution < 1.29 is 4.79 Å². The van der Waals surface area contributed by atoms with E-state index in [-0.39, 0.29) is 5.91 Å². The van der Waals surface area contributed by atoms with Crippen LogP contribution in [0.15, 0.2) is 24.3 Å². The molecule has 0 heterocycles. The Bertz CT molecular complexity index is 371. The molecule has 0 radical (unpaired) electrons. The first-order chi connectivity index (χ1) is 8.75. The van der Waals surface area contributed by atoms with E-state index in [4.69, 9.17) is 5.73 Å². The molecular formula is C15H24N2O. The first-order valence-corrected chi connectivity index (χ1v) is 6.92. The molecule has 18 heavy (non-hydrogen) atoms. The summed E-state index contributed by atoms with van der Waals surface area (Å²) in [5.74, 6) is -0.000741. The maximum atomic E-state index is 11.9. The van der Waals surface area contributed by atoms with E-state index in [1.165, 1.54) is 19.3 Å². The molecule has 0 aromatic heterocycles. The van der Waals surface area contributed by atoms with E-state index in [0.29, 0.717) is 17.3 Å². The van der Waals surface area contributed by atoms with Gasteiger partial charge in [-0.3, -0.25) is 4.79 Å². The summed E-state index contributed by atoms with van der Waals surface area (Å²) in [7, 11) is 0. The van der Waals surface area contributed by atoms with Gasteiger partial charge in [-0.05, 0) is 31.0 Å². The van der Waals surface area contributed by atoms with Crippen molar-refractivity contribution in [1.82, 2.24) is 5.32 Å². The number of hydrogen-bond acceptors (Lipinski definition) is 2. The third-order valence-corrected chi connectivity index (χ3v) is 3.09. The lowest BCUT2D eigenvalue weighted by molar-refractivity contribution is 0.0928. The predicted molar refractivity (Wildman–Crippen MR) is 76.5 cm³/mol. The van der Waals surface area contributed by atoms with Crippen molar-refractivity contribution in [2.75, 3.05) is 5.73 Å². The summed E-state index contributed by atoms with van der Waals surface area (Å²) in [6.45, 7) is 4.00. The van der Waals surface area contributed by atoms with Gasteiger partial charge in [0.2, 0.25) is 0 Å². The Morgan fingerprint density at radius 3 is 2.50 bits per heavy atom. The zero-order valence-corrected chi connectivity index (χ0v) is 11.4. The van der Waals surface area contributed by atoms with Crippen molar-refractivity contribution in [3.63, 3.8) is 0 Å². The molecule has 0 spiro atoms. The van der Waals surface area contributed by atoms with Crippen LogP contribution in [0.3, 0.4) is 0 Å². The molecule has 0 bridgehead atoms. The Labute approximate surface area is 110 Å². The maximum Gasteiger partial charge on any atom is 0.251 e. The molecule has 0 saturated heterocycles. The predicted octanol–water partition coefficient (Wildman–Crippen LogP) is 3.36. The third-order valence-electron chi connectivity index (χ3n) is 3.09. The Balaban J connectivity index is 0.000000771. The number of nitrogen functional groups attached to an aromatic ring is 1. The van der Waals surface area contributed by atoms with Crippen LogP contribution < -0.4 is 11.1 Å². The van der Waals surface area contributed by atoms with Crippen molar-refractivity contribution in [3.8, 4) is 0 Å². The zero-order valence-electron chi connectivity index (χ0n) is 11.4. The fourth-order valence-corrected chi connectivity index (χ4v) is 2.20. The van der Waals surface area contributed by atoms with Crippen LogP contribution in [0.5, 0.6) is 0 Å². The smallest absolute Gasteiger partial charge is 0.251 e. The van der Waals surface area contributed by atoms with Gasteiger partial charge in [0.25, 0.3) is 5.91 Å². The monoisotopic (exact) mass is 248 g/mol. The number of nitrogens with one attached hydrogen (secondary N) is 1. The third kappa shape index (κ3) is 4.40. The SMILES string of the molecule is CC.Nc1cccc(C(=O)NC2CCCCC2)c1. The summed E-state index contributed by atoms with van der Waals surface area (Å²) in [5.41, 5.74) is 6.94. The van der Waals surface area contributed by atoms with Gasteiger partial charge in [0, 0.05) is 17.3 Å². The van der Waals surface area contributed by atoms with E-state index in [9.17, 15) is 4.79 Å². The summed E-state index contributed by atoms with van der Waals surface area (Å²) in [4.78, 5) is 11.9. The van der Waals surface area contributed by atoms with Gasteiger partial charge in [0.1, 0.15) is 0 Å². The van der Waals surface area contributed by atoms with Gasteiger partial charge in [-0.2, -0.15) is 0 Å². The summed E-state index contributed by atoms with van der Waals surface area (Å²) in [6.07, 6.45) is 5.95. The van der Waals surface area contributed by atoms with Crippen molar-refractivity contribution in [3.05, 3.63) is 29.8 Å². The second-order valence-electron chi connectivity index (χ2n) is 4.43. The maximum absolute atomic E-state index is 11.9. The lowest BCUT2D eigenvalue weighted by Crippen LogP contribution is -2.36. The zero-order chi connectivity index (χ0) is 13.4. The standard InChI is InChI=1S/C13H18N2O.C2H6/c14-11-6-4-5-10(9-11)13(16)15-12-7-2-1-3-8-12;1-2/h4-6,9,12H,1-3,7-8,14H2,(H,15,16);1-2H3. The molecule has 1 amide bonds. The summed E-state index contributed by atoms with van der Waals surface area (Å²) < 4.78 is 0. The molecule has 1 saturated carbocycles. The number of carbonyl (C=O) groups is 1. The molecule has 1 aliphatic carbocycles. The number of amides is 1. The minimum Gasteiger partial charge on any atom is -0.399 e. The number of rotatable bonds is 2. The fraction of sp³-hybridized carbons (Fsp3) is 0.533. The molecule has 1 fully saturated rings. The van der Waals surface area contributed by atoms with E-state index in [1.807, 2.05) is 19.9 Å². The molecular weight excluding hydrogens is 224 g/mol. The Hall–Kier alpha value is -1.51. The number of hydrogen-bond donors (Lipinski definition) is 2. The average Bonchev–Trinajstić information content (AvgIpc) is 2.42. The lowest BCUT2D eigenvalue weighted by atomic mass is 9.95. The van der Waals surface area contributed by atoms with Crippen LogP contribution in [-0.4, -0.2) is 11.9 Å². The molecule has 3 heteroatoms. The van der Waals surface area contributed by atoms with Crippen LogP contribution in [0.2, 0.25) is 0 Å². The van der Waals surface area contributed by atoms with Crippen LogP contribution in [0.1, 0.15) is 56.3 Å². The van der Waals surface area contributed by atoms with Gasteiger partial charge in [-0.1, -0.05) is 39.2 Å². The van der Waals surface area contributed by atoms with Gasteiger partial charge < -0.3 is 11.1 Å². The van der Waals surface area contributed by atoms with Gasteiger partial charge in [0.05, 0.1) is 0 Å². The van der Waals surface area contributed by atoms with E-state index in [2.05, 4.69) is 5.32 Å². The minimum atomic E-state index is -0.000741. The molecule has 0 aliphatic heterocycles. The van der Waals surface area contributed by atoms with Crippen LogP contribution in [0, 0.1) is 0 Å². The Morgan fingerprint density at radius 2 is 1.89 bits per heavy atom. The lowest BCUT2D eigenvalue weighted by Gasteiger charge is -2.22. The Kier molecular flexibility index (Phi) is 6.26. The minimum absolute atomic E-state index is 0.000741. The molecule has 1 aromatic rings. The highest BCUT2D eigenvalue weighted by Gasteiger charge is 2.16. The molecule has 1 aromatic carbocycles. The molecule has 3 N–H and O–H groups in total. The molecule has 0 atom stereocenters. The Morgan fingerprint density at radius 1 is 1.22 bits per heavy atom. The number of nitrogens with two attached hydrogens (primary N) is 1. The van der Waals surface area contributed by atoms with E-state index in [1.54, 1.807) is 18.2 Å². The van der Waals surface area contributed by atoms with Crippen LogP contribution in [0.25, 0.3) is 0 Å².